The molecule has 5 nitrogen and oxygen atoms in total. The van der Waals surface area contributed by atoms with Gasteiger partial charge in [0.2, 0.25) is 0 Å². The second kappa shape index (κ2) is 7.19. The van der Waals surface area contributed by atoms with Gasteiger partial charge >= 0.3 is 5.97 Å². The fraction of sp³-hybridized carbons (Fsp3) is 0.316. The number of benzene rings is 1. The molecule has 2 heterocycles. The lowest BCUT2D eigenvalue weighted by atomic mass is 10.1. The van der Waals surface area contributed by atoms with Crippen LogP contribution >= 0.6 is 11.3 Å². The lowest BCUT2D eigenvalue weighted by molar-refractivity contribution is 0.0739. The van der Waals surface area contributed by atoms with Crippen LogP contribution in [0.5, 0.6) is 5.75 Å². The first kappa shape index (κ1) is 17.4. The van der Waals surface area contributed by atoms with Crippen LogP contribution in [0.25, 0.3) is 10.2 Å². The molecular weight excluding hydrogens is 336 g/mol. The third-order valence-electron chi connectivity index (χ3n) is 4.12. The Morgan fingerprint density at radius 3 is 2.60 bits per heavy atom. The number of nitrogens with zero attached hydrogens (tertiary/aromatic N) is 2. The van der Waals surface area contributed by atoms with E-state index in [9.17, 15) is 9.59 Å². The van der Waals surface area contributed by atoms with Crippen LogP contribution in [-0.2, 0) is 13.0 Å². The van der Waals surface area contributed by atoms with Crippen LogP contribution in [0, 0.1) is 6.92 Å². The van der Waals surface area contributed by atoms with Gasteiger partial charge in [-0.25, -0.2) is 9.78 Å². The Morgan fingerprint density at radius 2 is 1.96 bits per heavy atom. The summed E-state index contributed by atoms with van der Waals surface area (Å²) in [5.74, 6) is 0.0480. The number of aryl methyl sites for hydroxylation is 3. The highest BCUT2D eigenvalue weighted by atomic mass is 32.1. The summed E-state index contributed by atoms with van der Waals surface area (Å²) in [6, 6.07) is 7.53. The van der Waals surface area contributed by atoms with E-state index in [-0.39, 0.29) is 5.56 Å². The molecule has 25 heavy (non-hydrogen) atoms. The van der Waals surface area contributed by atoms with Crippen molar-refractivity contribution in [1.29, 1.82) is 0 Å². The Hall–Kier alpha value is -2.47. The van der Waals surface area contributed by atoms with Crippen LogP contribution in [0.3, 0.4) is 0 Å². The van der Waals surface area contributed by atoms with Crippen LogP contribution in [-0.4, -0.2) is 15.5 Å². The summed E-state index contributed by atoms with van der Waals surface area (Å²) in [6.07, 6.45) is 3.59. The highest BCUT2D eigenvalue weighted by molar-refractivity contribution is 7.20. The van der Waals surface area contributed by atoms with Crippen LogP contribution in [0.4, 0.5) is 0 Å². The minimum atomic E-state index is -0.453. The van der Waals surface area contributed by atoms with Crippen molar-refractivity contribution in [2.45, 2.75) is 40.2 Å². The fourth-order valence-electron chi connectivity index (χ4n) is 2.75. The van der Waals surface area contributed by atoms with E-state index >= 15 is 0 Å². The van der Waals surface area contributed by atoms with Gasteiger partial charge in [0, 0.05) is 6.54 Å². The molecule has 0 bridgehead atoms. The molecule has 0 aliphatic rings. The molecule has 0 spiro atoms. The largest absolute Gasteiger partial charge is 0.422 e. The number of hydrogen-bond donors (Lipinski definition) is 0. The zero-order chi connectivity index (χ0) is 18.0. The van der Waals surface area contributed by atoms with E-state index in [1.165, 1.54) is 27.8 Å². The smallest absolute Gasteiger partial charge is 0.354 e. The summed E-state index contributed by atoms with van der Waals surface area (Å²) in [5, 5.41) is 0.500. The first-order chi connectivity index (χ1) is 12.0. The molecule has 6 heteroatoms. The van der Waals surface area contributed by atoms with E-state index < -0.39 is 5.97 Å². The van der Waals surface area contributed by atoms with Gasteiger partial charge in [0.25, 0.3) is 5.56 Å². The predicted octanol–water partition coefficient (Wildman–Crippen LogP) is 3.96. The molecule has 3 rings (SSSR count). The number of esters is 1. The third-order valence-corrected chi connectivity index (χ3v) is 5.30. The first-order valence-corrected chi connectivity index (χ1v) is 9.16. The molecule has 0 unspecified atom stereocenters. The number of rotatable bonds is 5. The quantitative estimate of drug-likeness (QED) is 0.513. The zero-order valence-electron chi connectivity index (χ0n) is 14.5. The second-order valence-electron chi connectivity index (χ2n) is 5.86. The highest BCUT2D eigenvalue weighted by Gasteiger charge is 2.20. The van der Waals surface area contributed by atoms with Crippen LogP contribution in [0.2, 0.25) is 0 Å². The number of ether oxygens (including phenoxy) is 1. The van der Waals surface area contributed by atoms with Crippen molar-refractivity contribution in [2.75, 3.05) is 0 Å². The standard InChI is InChI=1S/C19H20N2O3S/c1-4-6-13-7-9-14(10-8-13)24-19(23)16-12(3)15-17(25-16)20-11-21(5-2)18(15)22/h7-11H,4-6H2,1-3H3. The Balaban J connectivity index is 1.91. The minimum absolute atomic E-state index is 0.121. The zero-order valence-corrected chi connectivity index (χ0v) is 15.4. The summed E-state index contributed by atoms with van der Waals surface area (Å²) < 4.78 is 7.01. The number of hydrogen-bond acceptors (Lipinski definition) is 5. The fourth-order valence-corrected chi connectivity index (χ4v) is 3.76. The van der Waals surface area contributed by atoms with E-state index in [1.54, 1.807) is 19.1 Å². The molecule has 0 aliphatic carbocycles. The van der Waals surface area contributed by atoms with Crippen LogP contribution < -0.4 is 10.3 Å². The second-order valence-corrected chi connectivity index (χ2v) is 6.85. The molecule has 0 fully saturated rings. The minimum Gasteiger partial charge on any atom is -0.422 e. The Labute approximate surface area is 149 Å². The van der Waals surface area contributed by atoms with Gasteiger partial charge in [-0.1, -0.05) is 25.5 Å². The SMILES string of the molecule is CCCc1ccc(OC(=O)c2sc3ncn(CC)c(=O)c3c2C)cc1. The van der Waals surface area contributed by atoms with Crippen molar-refractivity contribution in [1.82, 2.24) is 9.55 Å². The molecule has 0 radical (unpaired) electrons. The van der Waals surface area contributed by atoms with Gasteiger partial charge in [0.05, 0.1) is 11.7 Å². The number of carbonyl (C=O) groups is 1. The number of fused-ring (bicyclic) bond motifs is 1. The molecule has 0 saturated heterocycles. The summed E-state index contributed by atoms with van der Waals surface area (Å²) in [7, 11) is 0. The van der Waals surface area contributed by atoms with E-state index in [1.807, 2.05) is 19.1 Å². The molecular formula is C19H20N2O3S. The summed E-state index contributed by atoms with van der Waals surface area (Å²) >= 11 is 1.20. The monoisotopic (exact) mass is 356 g/mol. The van der Waals surface area contributed by atoms with Crippen molar-refractivity contribution in [2.24, 2.45) is 0 Å². The number of aromatic nitrogens is 2. The van der Waals surface area contributed by atoms with Gasteiger partial charge in [-0.3, -0.25) is 9.36 Å². The van der Waals surface area contributed by atoms with E-state index in [0.717, 1.165) is 12.8 Å². The number of thiophene rings is 1. The molecule has 0 atom stereocenters. The van der Waals surface area contributed by atoms with Gasteiger partial charge in [0.1, 0.15) is 15.5 Å². The summed E-state index contributed by atoms with van der Waals surface area (Å²) in [5.41, 5.74) is 1.72. The van der Waals surface area contributed by atoms with Crippen molar-refractivity contribution in [3.05, 3.63) is 57.0 Å². The maximum atomic E-state index is 12.5. The molecule has 0 N–H and O–H groups in total. The van der Waals surface area contributed by atoms with Gasteiger partial charge in [-0.2, -0.15) is 0 Å². The number of carbonyl (C=O) groups excluding carboxylic acids is 1. The van der Waals surface area contributed by atoms with E-state index in [4.69, 9.17) is 4.74 Å². The Bertz CT molecular complexity index is 971. The normalized spacial score (nSPS) is 11.0. The Kier molecular flexibility index (Phi) is 4.99. The highest BCUT2D eigenvalue weighted by Crippen LogP contribution is 2.28. The van der Waals surface area contributed by atoms with Crippen molar-refractivity contribution in [3.8, 4) is 5.75 Å². The maximum Gasteiger partial charge on any atom is 0.354 e. The van der Waals surface area contributed by atoms with Crippen molar-refractivity contribution < 1.29 is 9.53 Å². The van der Waals surface area contributed by atoms with E-state index in [0.29, 0.717) is 33.0 Å². The molecule has 3 aromatic rings. The van der Waals surface area contributed by atoms with Crippen molar-refractivity contribution >= 4 is 27.5 Å². The predicted molar refractivity (Wildman–Crippen MR) is 99.7 cm³/mol. The molecule has 0 aliphatic heterocycles. The summed E-state index contributed by atoms with van der Waals surface area (Å²) in [6.45, 7) is 6.32. The topological polar surface area (TPSA) is 61.2 Å². The molecule has 1 aromatic carbocycles. The molecule has 2 aromatic heterocycles. The van der Waals surface area contributed by atoms with Gasteiger partial charge in [0.15, 0.2) is 0 Å². The van der Waals surface area contributed by atoms with Crippen LogP contribution in [0.15, 0.2) is 35.4 Å². The first-order valence-electron chi connectivity index (χ1n) is 8.34. The molecule has 130 valence electrons. The molecule has 0 saturated carbocycles. The summed E-state index contributed by atoms with van der Waals surface area (Å²) in [4.78, 5) is 30.3. The van der Waals surface area contributed by atoms with E-state index in [2.05, 4.69) is 11.9 Å². The van der Waals surface area contributed by atoms with Gasteiger partial charge in [-0.05, 0) is 43.5 Å². The average molecular weight is 356 g/mol. The maximum absolute atomic E-state index is 12.5. The lowest BCUT2D eigenvalue weighted by Crippen LogP contribution is -2.19. The van der Waals surface area contributed by atoms with Crippen molar-refractivity contribution in [3.63, 3.8) is 0 Å². The van der Waals surface area contributed by atoms with Gasteiger partial charge in [-0.15, -0.1) is 11.3 Å². The average Bonchev–Trinajstić information content (AvgIpc) is 2.95. The van der Waals surface area contributed by atoms with Gasteiger partial charge < -0.3 is 4.74 Å². The lowest BCUT2D eigenvalue weighted by Gasteiger charge is -2.05. The Morgan fingerprint density at radius 1 is 1.24 bits per heavy atom. The van der Waals surface area contributed by atoms with Crippen LogP contribution in [0.1, 0.15) is 41.1 Å². The molecule has 0 amide bonds. The third kappa shape index (κ3) is 3.35.